The number of carbonyl (C=O) groups excluding carboxylic acids is 3. The van der Waals surface area contributed by atoms with Crippen LogP contribution >= 0.6 is 0 Å². The highest BCUT2D eigenvalue weighted by atomic mass is 16.2. The van der Waals surface area contributed by atoms with E-state index in [1.54, 1.807) is 0 Å². The largest absolute Gasteiger partial charge is 0.341 e. The summed E-state index contributed by atoms with van der Waals surface area (Å²) >= 11 is 0. The molecule has 0 bridgehead atoms. The molecule has 0 radical (unpaired) electrons. The first-order valence-corrected chi connectivity index (χ1v) is 10.1. The average molecular weight is 362 g/mol. The minimum Gasteiger partial charge on any atom is -0.341 e. The van der Waals surface area contributed by atoms with Gasteiger partial charge < -0.3 is 15.5 Å². The molecule has 0 atom stereocenters. The number of imide groups is 1. The van der Waals surface area contributed by atoms with E-state index in [4.69, 9.17) is 0 Å². The summed E-state index contributed by atoms with van der Waals surface area (Å²) in [6.45, 7) is 5.63. The zero-order valence-electron chi connectivity index (χ0n) is 15.7. The molecule has 2 N–H and O–H groups in total. The van der Waals surface area contributed by atoms with E-state index in [9.17, 15) is 14.4 Å². The molecular formula is C19H30N4O3. The van der Waals surface area contributed by atoms with Crippen molar-refractivity contribution in [2.24, 2.45) is 11.3 Å². The second-order valence-electron chi connectivity index (χ2n) is 8.89. The minimum atomic E-state index is -0.759. The van der Waals surface area contributed by atoms with Crippen molar-refractivity contribution in [2.75, 3.05) is 32.7 Å². The minimum absolute atomic E-state index is 0.101. The molecular weight excluding hydrogens is 332 g/mol. The van der Waals surface area contributed by atoms with Gasteiger partial charge in [0.25, 0.3) is 5.91 Å². The van der Waals surface area contributed by atoms with Crippen molar-refractivity contribution in [1.82, 2.24) is 20.4 Å². The van der Waals surface area contributed by atoms with Gasteiger partial charge in [-0.1, -0.05) is 6.92 Å². The fourth-order valence-electron chi connectivity index (χ4n) is 5.10. The molecule has 7 heteroatoms. The van der Waals surface area contributed by atoms with Crippen LogP contribution in [0, 0.1) is 11.3 Å². The van der Waals surface area contributed by atoms with Gasteiger partial charge in [0.05, 0.1) is 0 Å². The van der Waals surface area contributed by atoms with Gasteiger partial charge in [-0.05, 0) is 62.8 Å². The molecule has 4 aliphatic rings. The molecule has 2 spiro atoms. The molecule has 4 rings (SSSR count). The van der Waals surface area contributed by atoms with Gasteiger partial charge in [-0.2, -0.15) is 0 Å². The zero-order chi connectivity index (χ0) is 18.4. The van der Waals surface area contributed by atoms with Gasteiger partial charge in [0.1, 0.15) is 12.1 Å². The molecule has 3 aliphatic heterocycles. The van der Waals surface area contributed by atoms with Crippen molar-refractivity contribution in [1.29, 1.82) is 0 Å². The van der Waals surface area contributed by atoms with E-state index >= 15 is 0 Å². The fraction of sp³-hybridized carbons (Fsp3) is 0.842. The van der Waals surface area contributed by atoms with E-state index in [1.807, 2.05) is 4.90 Å². The summed E-state index contributed by atoms with van der Waals surface area (Å²) in [6.07, 6.45) is 6.45. The van der Waals surface area contributed by atoms with Crippen LogP contribution in [0.4, 0.5) is 4.79 Å². The van der Waals surface area contributed by atoms with Crippen LogP contribution in [0.1, 0.15) is 51.9 Å². The summed E-state index contributed by atoms with van der Waals surface area (Å²) in [7, 11) is 0. The first kappa shape index (κ1) is 17.8. The number of likely N-dealkylation sites (tertiary alicyclic amines) is 1. The lowest BCUT2D eigenvalue weighted by atomic mass is 9.77. The quantitative estimate of drug-likeness (QED) is 0.721. The second kappa shape index (κ2) is 6.51. The fourth-order valence-corrected chi connectivity index (χ4v) is 5.10. The SMILES string of the molecule is CC1CCC2(CC1)NC(=O)N(CC(=O)N1CCC3(CCNC3)CC1)C2=O. The van der Waals surface area contributed by atoms with Crippen molar-refractivity contribution in [2.45, 2.75) is 57.4 Å². The van der Waals surface area contributed by atoms with Crippen molar-refractivity contribution in [3.63, 3.8) is 0 Å². The third-order valence-corrected chi connectivity index (χ3v) is 7.18. The van der Waals surface area contributed by atoms with Crippen molar-refractivity contribution < 1.29 is 14.4 Å². The van der Waals surface area contributed by atoms with Crippen LogP contribution in [0.25, 0.3) is 0 Å². The lowest BCUT2D eigenvalue weighted by molar-refractivity contribution is -0.140. The summed E-state index contributed by atoms with van der Waals surface area (Å²) in [6, 6.07) is -0.397. The molecule has 26 heavy (non-hydrogen) atoms. The summed E-state index contributed by atoms with van der Waals surface area (Å²) < 4.78 is 0. The van der Waals surface area contributed by atoms with Gasteiger partial charge in [0.2, 0.25) is 5.91 Å². The van der Waals surface area contributed by atoms with Gasteiger partial charge in [0.15, 0.2) is 0 Å². The summed E-state index contributed by atoms with van der Waals surface area (Å²) in [5.74, 6) is 0.290. The molecule has 0 aromatic heterocycles. The Labute approximate surface area is 154 Å². The average Bonchev–Trinajstić information content (AvgIpc) is 3.17. The summed E-state index contributed by atoms with van der Waals surface area (Å²) in [5, 5.41) is 6.32. The lowest BCUT2D eigenvalue weighted by Gasteiger charge is -2.39. The number of nitrogens with one attached hydrogen (secondary N) is 2. The third-order valence-electron chi connectivity index (χ3n) is 7.18. The monoisotopic (exact) mass is 362 g/mol. The number of hydrogen-bond donors (Lipinski definition) is 2. The van der Waals surface area contributed by atoms with Crippen LogP contribution < -0.4 is 10.6 Å². The van der Waals surface area contributed by atoms with Crippen LogP contribution in [0.15, 0.2) is 0 Å². The predicted molar refractivity (Wildman–Crippen MR) is 96.3 cm³/mol. The number of rotatable bonds is 2. The highest BCUT2D eigenvalue weighted by Crippen LogP contribution is 2.38. The van der Waals surface area contributed by atoms with Crippen LogP contribution in [0.3, 0.4) is 0 Å². The molecule has 3 heterocycles. The van der Waals surface area contributed by atoms with E-state index in [-0.39, 0.29) is 18.4 Å². The van der Waals surface area contributed by atoms with Gasteiger partial charge in [0, 0.05) is 19.6 Å². The van der Waals surface area contributed by atoms with Crippen LogP contribution in [0.5, 0.6) is 0 Å². The van der Waals surface area contributed by atoms with E-state index in [1.165, 1.54) is 6.42 Å². The van der Waals surface area contributed by atoms with Crippen molar-refractivity contribution in [3.05, 3.63) is 0 Å². The second-order valence-corrected chi connectivity index (χ2v) is 8.89. The third kappa shape index (κ3) is 3.00. The number of carbonyl (C=O) groups is 3. The first-order valence-electron chi connectivity index (χ1n) is 10.1. The zero-order valence-corrected chi connectivity index (χ0v) is 15.7. The number of urea groups is 1. The van der Waals surface area contributed by atoms with E-state index in [0.29, 0.717) is 24.2 Å². The first-order chi connectivity index (χ1) is 12.4. The lowest BCUT2D eigenvalue weighted by Crippen LogP contribution is -2.51. The Bertz CT molecular complexity index is 596. The Morgan fingerprint density at radius 3 is 2.42 bits per heavy atom. The molecule has 144 valence electrons. The number of hydrogen-bond acceptors (Lipinski definition) is 4. The maximum atomic E-state index is 12.9. The number of nitrogens with zero attached hydrogens (tertiary/aromatic N) is 2. The Morgan fingerprint density at radius 2 is 1.81 bits per heavy atom. The Kier molecular flexibility index (Phi) is 4.45. The van der Waals surface area contributed by atoms with Gasteiger partial charge in [-0.15, -0.1) is 0 Å². The molecule has 4 amide bonds. The highest BCUT2D eigenvalue weighted by Gasteiger charge is 2.52. The van der Waals surface area contributed by atoms with E-state index < -0.39 is 11.6 Å². The van der Waals surface area contributed by atoms with Crippen molar-refractivity contribution >= 4 is 17.8 Å². The van der Waals surface area contributed by atoms with Gasteiger partial charge >= 0.3 is 6.03 Å². The Hall–Kier alpha value is -1.63. The molecule has 3 saturated heterocycles. The highest BCUT2D eigenvalue weighted by molar-refractivity contribution is 6.09. The van der Waals surface area contributed by atoms with Gasteiger partial charge in [-0.25, -0.2) is 4.79 Å². The molecule has 4 fully saturated rings. The molecule has 1 aliphatic carbocycles. The van der Waals surface area contributed by atoms with E-state index in [0.717, 1.165) is 56.8 Å². The van der Waals surface area contributed by atoms with Gasteiger partial charge in [-0.3, -0.25) is 14.5 Å². The summed E-state index contributed by atoms with van der Waals surface area (Å²) in [4.78, 5) is 41.0. The van der Waals surface area contributed by atoms with Crippen molar-refractivity contribution in [3.8, 4) is 0 Å². The maximum absolute atomic E-state index is 12.9. The summed E-state index contributed by atoms with van der Waals surface area (Å²) in [5.41, 5.74) is -0.411. The molecule has 0 aromatic rings. The van der Waals surface area contributed by atoms with Crippen LogP contribution in [0.2, 0.25) is 0 Å². The van der Waals surface area contributed by atoms with E-state index in [2.05, 4.69) is 17.6 Å². The standard InChI is InChI=1S/C19H30N4O3/c1-14-2-4-19(5-3-14)16(25)23(17(26)21-19)12-15(24)22-10-7-18(8-11-22)6-9-20-13-18/h14,20H,2-13H2,1H3,(H,21,26). The molecule has 1 saturated carbocycles. The normalized spacial score (nSPS) is 34.0. The molecule has 7 nitrogen and oxygen atoms in total. The number of amides is 4. The number of piperidine rings is 1. The maximum Gasteiger partial charge on any atom is 0.325 e. The smallest absolute Gasteiger partial charge is 0.325 e. The molecule has 0 unspecified atom stereocenters. The van der Waals surface area contributed by atoms with Crippen LogP contribution in [-0.2, 0) is 9.59 Å². The molecule has 0 aromatic carbocycles. The Morgan fingerprint density at radius 1 is 1.12 bits per heavy atom. The Balaban J connectivity index is 1.36. The van der Waals surface area contributed by atoms with Crippen LogP contribution in [-0.4, -0.2) is 65.9 Å². The predicted octanol–water partition coefficient (Wildman–Crippen LogP) is 1.09. The topological polar surface area (TPSA) is 81.8 Å².